The monoisotopic (exact) mass is 481 g/mol. The number of carbonyl (C=O) groups is 3. The number of amides is 4. The zero-order chi connectivity index (χ0) is 23.8. The first kappa shape index (κ1) is 21.1. The third-order valence-electron chi connectivity index (χ3n) is 6.87. The Morgan fingerprint density at radius 1 is 1.21 bits per heavy atom. The molecule has 2 aromatic heterocycles. The van der Waals surface area contributed by atoms with Crippen LogP contribution in [0.15, 0.2) is 30.5 Å². The first-order valence-electron chi connectivity index (χ1n) is 10.9. The predicted octanol–water partition coefficient (Wildman–Crippen LogP) is 2.39. The lowest BCUT2D eigenvalue weighted by Gasteiger charge is -2.55. The predicted molar refractivity (Wildman–Crippen MR) is 122 cm³/mol. The maximum atomic E-state index is 16.1. The van der Waals surface area contributed by atoms with Gasteiger partial charge in [0.05, 0.1) is 34.3 Å². The van der Waals surface area contributed by atoms with Gasteiger partial charge in [0.1, 0.15) is 5.69 Å². The van der Waals surface area contributed by atoms with Gasteiger partial charge in [-0.3, -0.25) is 25.2 Å². The molecule has 3 aliphatic rings. The quantitative estimate of drug-likeness (QED) is 0.513. The number of pyridine rings is 1. The van der Waals surface area contributed by atoms with Gasteiger partial charge >= 0.3 is 6.03 Å². The molecular weight excluding hydrogens is 461 g/mol. The number of nitrogens with zero attached hydrogens (tertiary/aromatic N) is 3. The van der Waals surface area contributed by atoms with Crippen molar-refractivity contribution in [2.75, 3.05) is 11.4 Å². The van der Waals surface area contributed by atoms with Gasteiger partial charge in [-0.2, -0.15) is 4.37 Å². The maximum Gasteiger partial charge on any atom is 0.328 e. The summed E-state index contributed by atoms with van der Waals surface area (Å²) in [5, 5.41) is 5.05. The maximum absolute atomic E-state index is 16.1. The number of carbonyl (C=O) groups excluding carboxylic acids is 3. The molecule has 0 saturated carbocycles. The standard InChI is InChI=1S/C23H20FN5O4S/c1-10-9-29-17-12(7-13-16(14-5-3-4-6-25-14)28-34-18(13)15(17)24)8-23(19(29)11(2)33-10)20(30)26-22(32)27-21(23)31/h3-7,10-11,19H,8-9H2,1-2H3,(H2,26,27,30,31,32)/t10-,11+,19-/m0/s1. The number of hydrogen-bond donors (Lipinski definition) is 2. The first-order chi connectivity index (χ1) is 16.3. The molecule has 2 saturated heterocycles. The van der Waals surface area contributed by atoms with Gasteiger partial charge in [0.2, 0.25) is 11.8 Å². The highest BCUT2D eigenvalue weighted by Gasteiger charge is 2.63. The van der Waals surface area contributed by atoms with Crippen LogP contribution in [-0.4, -0.2) is 52.0 Å². The van der Waals surface area contributed by atoms with Crippen LogP contribution < -0.4 is 15.5 Å². The molecule has 1 spiro atoms. The lowest BCUT2D eigenvalue weighted by molar-refractivity contribution is -0.153. The summed E-state index contributed by atoms with van der Waals surface area (Å²) in [4.78, 5) is 44.5. The molecule has 0 radical (unpaired) electrons. The van der Waals surface area contributed by atoms with Crippen molar-refractivity contribution in [3.63, 3.8) is 0 Å². The van der Waals surface area contributed by atoms with Gasteiger partial charge in [0.15, 0.2) is 11.2 Å². The molecule has 5 heterocycles. The Kier molecular flexibility index (Phi) is 4.52. The second-order valence-electron chi connectivity index (χ2n) is 8.96. The number of halogens is 1. The molecule has 34 heavy (non-hydrogen) atoms. The number of nitrogens with one attached hydrogen (secondary N) is 2. The molecular formula is C23H20FN5O4S. The van der Waals surface area contributed by atoms with Crippen LogP contribution >= 0.6 is 11.5 Å². The van der Waals surface area contributed by atoms with Gasteiger partial charge < -0.3 is 9.64 Å². The molecule has 4 amide bonds. The highest BCUT2D eigenvalue weighted by Crippen LogP contribution is 2.50. The van der Waals surface area contributed by atoms with Crippen molar-refractivity contribution in [1.29, 1.82) is 0 Å². The number of hydrogen-bond acceptors (Lipinski definition) is 8. The zero-order valence-electron chi connectivity index (χ0n) is 18.3. The van der Waals surface area contributed by atoms with E-state index < -0.39 is 41.2 Å². The van der Waals surface area contributed by atoms with E-state index in [1.165, 1.54) is 0 Å². The SMILES string of the molecule is C[C@H]1CN2c3c(cc4c(-c5ccccn5)nsc4c3F)CC3(C(=O)NC(=O)NC3=O)[C@@H]2[C@@H](C)O1. The Morgan fingerprint density at radius 3 is 2.68 bits per heavy atom. The van der Waals surface area contributed by atoms with E-state index in [0.717, 1.165) is 11.5 Å². The summed E-state index contributed by atoms with van der Waals surface area (Å²) in [5.74, 6) is -1.86. The molecule has 3 aliphatic heterocycles. The number of fused-ring (bicyclic) bond motifs is 5. The van der Waals surface area contributed by atoms with E-state index in [0.29, 0.717) is 32.7 Å². The lowest BCUT2D eigenvalue weighted by atomic mass is 9.66. The van der Waals surface area contributed by atoms with Crippen LogP contribution in [0.5, 0.6) is 0 Å². The molecule has 0 unspecified atom stereocenters. The van der Waals surface area contributed by atoms with Crippen LogP contribution in [0.3, 0.4) is 0 Å². The van der Waals surface area contributed by atoms with E-state index >= 15 is 4.39 Å². The first-order valence-corrected chi connectivity index (χ1v) is 11.7. The summed E-state index contributed by atoms with van der Waals surface area (Å²) in [6.45, 7) is 3.91. The second kappa shape index (κ2) is 7.28. The van der Waals surface area contributed by atoms with Gasteiger partial charge in [0.25, 0.3) is 0 Å². The number of benzene rings is 1. The van der Waals surface area contributed by atoms with Crippen LogP contribution in [0.4, 0.5) is 14.9 Å². The molecule has 2 fully saturated rings. The number of rotatable bonds is 1. The van der Waals surface area contributed by atoms with Crippen LogP contribution in [0, 0.1) is 11.2 Å². The van der Waals surface area contributed by atoms with E-state index in [-0.39, 0.29) is 19.1 Å². The van der Waals surface area contributed by atoms with Crippen molar-refractivity contribution in [3.8, 4) is 11.4 Å². The Morgan fingerprint density at radius 2 is 1.97 bits per heavy atom. The summed E-state index contributed by atoms with van der Waals surface area (Å²) in [6, 6.07) is 5.54. The molecule has 0 bridgehead atoms. The van der Waals surface area contributed by atoms with Gasteiger partial charge in [-0.15, -0.1) is 0 Å². The summed E-state index contributed by atoms with van der Waals surface area (Å²) in [5.41, 5.74) is 0.326. The van der Waals surface area contributed by atoms with Crippen LogP contribution in [0.1, 0.15) is 19.4 Å². The summed E-state index contributed by atoms with van der Waals surface area (Å²) < 4.78 is 27.0. The molecule has 9 nitrogen and oxygen atoms in total. The third kappa shape index (κ3) is 2.77. The number of urea groups is 1. The average molecular weight is 482 g/mol. The van der Waals surface area contributed by atoms with Crippen molar-refractivity contribution in [2.45, 2.75) is 38.5 Å². The topological polar surface area (TPSA) is 114 Å². The Balaban J connectivity index is 1.61. The Hall–Kier alpha value is -3.44. The van der Waals surface area contributed by atoms with E-state index in [2.05, 4.69) is 20.0 Å². The van der Waals surface area contributed by atoms with Crippen molar-refractivity contribution < 1.29 is 23.5 Å². The van der Waals surface area contributed by atoms with E-state index in [1.807, 2.05) is 13.0 Å². The minimum atomic E-state index is -1.66. The number of morpholine rings is 1. The Labute approximate surface area is 197 Å². The fraction of sp³-hybridized carbons (Fsp3) is 0.348. The fourth-order valence-electron chi connectivity index (χ4n) is 5.64. The largest absolute Gasteiger partial charge is 0.372 e. The molecule has 11 heteroatoms. The molecule has 174 valence electrons. The minimum Gasteiger partial charge on any atom is -0.372 e. The highest BCUT2D eigenvalue weighted by molar-refractivity contribution is 7.13. The van der Waals surface area contributed by atoms with E-state index in [9.17, 15) is 14.4 Å². The third-order valence-corrected chi connectivity index (χ3v) is 7.73. The average Bonchev–Trinajstić information content (AvgIpc) is 3.21. The second-order valence-corrected chi connectivity index (χ2v) is 9.73. The van der Waals surface area contributed by atoms with E-state index in [1.54, 1.807) is 36.2 Å². The van der Waals surface area contributed by atoms with Gasteiger partial charge in [-0.25, -0.2) is 9.18 Å². The van der Waals surface area contributed by atoms with Gasteiger partial charge in [-0.1, -0.05) is 6.07 Å². The van der Waals surface area contributed by atoms with Gasteiger partial charge in [0, 0.05) is 24.5 Å². The van der Waals surface area contributed by atoms with Crippen LogP contribution in [0.2, 0.25) is 0 Å². The van der Waals surface area contributed by atoms with Crippen molar-refractivity contribution >= 4 is 45.2 Å². The number of ether oxygens (including phenoxy) is 1. The number of aromatic nitrogens is 2. The summed E-state index contributed by atoms with van der Waals surface area (Å²) in [7, 11) is 0. The molecule has 6 rings (SSSR count). The molecule has 3 aromatic rings. The molecule has 0 aliphatic carbocycles. The molecule has 3 atom stereocenters. The molecule has 2 N–H and O–H groups in total. The van der Waals surface area contributed by atoms with Gasteiger partial charge in [-0.05, 0) is 49.1 Å². The normalized spacial score (nSPS) is 25.7. The summed E-state index contributed by atoms with van der Waals surface area (Å²) in [6.07, 6.45) is 0.730. The number of anilines is 1. The minimum absolute atomic E-state index is 0.0824. The zero-order valence-corrected chi connectivity index (χ0v) is 19.1. The van der Waals surface area contributed by atoms with Crippen molar-refractivity contribution in [2.24, 2.45) is 5.41 Å². The fourth-order valence-corrected chi connectivity index (χ4v) is 6.44. The Bertz CT molecular complexity index is 1360. The lowest BCUT2D eigenvalue weighted by Crippen LogP contribution is -2.75. The smallest absolute Gasteiger partial charge is 0.328 e. The molecule has 1 aromatic carbocycles. The van der Waals surface area contributed by atoms with Crippen LogP contribution in [-0.2, 0) is 20.7 Å². The van der Waals surface area contributed by atoms with Crippen molar-refractivity contribution in [3.05, 3.63) is 41.8 Å². The van der Waals surface area contributed by atoms with E-state index in [4.69, 9.17) is 4.74 Å². The van der Waals surface area contributed by atoms with Crippen molar-refractivity contribution in [1.82, 2.24) is 20.0 Å². The van der Waals surface area contributed by atoms with Crippen LogP contribution in [0.25, 0.3) is 21.5 Å². The summed E-state index contributed by atoms with van der Waals surface area (Å²) >= 11 is 1.05. The number of imide groups is 2. The highest BCUT2D eigenvalue weighted by atomic mass is 32.1. The number of barbiturate groups is 1.